The van der Waals surface area contributed by atoms with E-state index in [1.54, 1.807) is 18.7 Å². The Morgan fingerprint density at radius 2 is 2.25 bits per heavy atom. The first-order chi connectivity index (χ1) is 11.6. The summed E-state index contributed by atoms with van der Waals surface area (Å²) in [5, 5.41) is 3.04. The van der Waals surface area contributed by atoms with Crippen LogP contribution >= 0.6 is 0 Å². The third kappa shape index (κ3) is 3.75. The summed E-state index contributed by atoms with van der Waals surface area (Å²) in [6.45, 7) is 5.73. The van der Waals surface area contributed by atoms with E-state index >= 15 is 0 Å². The highest BCUT2D eigenvalue weighted by atomic mass is 16.2. The standard InChI is InChI=1S/C18H25N5O/c1-14(2)16-5-3-4-9-23(16)18(24)21-12-15-6-7-17(20-11-15)22-10-8-19-13-22/h6-8,10-11,13-14,16H,3-5,9,12H2,1-2H3,(H,21,24). The largest absolute Gasteiger partial charge is 0.334 e. The van der Waals surface area contributed by atoms with Crippen LogP contribution in [0.2, 0.25) is 0 Å². The van der Waals surface area contributed by atoms with Gasteiger partial charge >= 0.3 is 6.03 Å². The Labute approximate surface area is 142 Å². The fraction of sp³-hybridized carbons (Fsp3) is 0.500. The van der Waals surface area contributed by atoms with Crippen LogP contribution in [0.4, 0.5) is 4.79 Å². The van der Waals surface area contributed by atoms with Crippen LogP contribution in [0.25, 0.3) is 5.82 Å². The molecular weight excluding hydrogens is 302 g/mol. The predicted molar refractivity (Wildman–Crippen MR) is 92.8 cm³/mol. The van der Waals surface area contributed by atoms with Gasteiger partial charge in [0.05, 0.1) is 0 Å². The molecule has 2 aromatic heterocycles. The van der Waals surface area contributed by atoms with Crippen LogP contribution in [0.1, 0.15) is 38.7 Å². The van der Waals surface area contributed by atoms with E-state index in [-0.39, 0.29) is 6.03 Å². The van der Waals surface area contributed by atoms with Gasteiger partial charge in [-0.05, 0) is 36.8 Å². The van der Waals surface area contributed by atoms with Gasteiger partial charge in [-0.1, -0.05) is 19.9 Å². The number of aromatic nitrogens is 3. The highest BCUT2D eigenvalue weighted by Gasteiger charge is 2.28. The molecule has 1 fully saturated rings. The number of nitrogens with zero attached hydrogens (tertiary/aromatic N) is 4. The number of hydrogen-bond acceptors (Lipinski definition) is 3. The number of urea groups is 1. The van der Waals surface area contributed by atoms with E-state index in [9.17, 15) is 4.79 Å². The molecule has 6 heteroatoms. The number of amides is 2. The molecule has 0 bridgehead atoms. The Balaban J connectivity index is 1.57. The number of nitrogens with one attached hydrogen (secondary N) is 1. The molecule has 0 saturated carbocycles. The molecule has 0 aliphatic carbocycles. The van der Waals surface area contributed by atoms with Gasteiger partial charge in [0.25, 0.3) is 0 Å². The van der Waals surface area contributed by atoms with Crippen LogP contribution in [0.3, 0.4) is 0 Å². The number of pyridine rings is 1. The van der Waals surface area contributed by atoms with Gasteiger partial charge in [0.2, 0.25) is 0 Å². The van der Waals surface area contributed by atoms with E-state index < -0.39 is 0 Å². The lowest BCUT2D eigenvalue weighted by Crippen LogP contribution is -2.50. The van der Waals surface area contributed by atoms with Crippen molar-refractivity contribution in [1.29, 1.82) is 0 Å². The lowest BCUT2D eigenvalue weighted by molar-refractivity contribution is 0.127. The molecule has 3 heterocycles. The molecule has 1 saturated heterocycles. The lowest BCUT2D eigenvalue weighted by atomic mass is 9.93. The number of imidazole rings is 1. The number of piperidine rings is 1. The van der Waals surface area contributed by atoms with E-state index in [2.05, 4.69) is 29.1 Å². The maximum Gasteiger partial charge on any atom is 0.317 e. The van der Waals surface area contributed by atoms with Crippen molar-refractivity contribution in [3.05, 3.63) is 42.6 Å². The molecule has 1 unspecified atom stereocenters. The number of likely N-dealkylation sites (tertiary alicyclic amines) is 1. The highest BCUT2D eigenvalue weighted by molar-refractivity contribution is 5.74. The van der Waals surface area contributed by atoms with Gasteiger partial charge in [-0.25, -0.2) is 14.8 Å². The Hall–Kier alpha value is -2.37. The minimum atomic E-state index is 0.0343. The van der Waals surface area contributed by atoms with Gasteiger partial charge in [0.15, 0.2) is 0 Å². The summed E-state index contributed by atoms with van der Waals surface area (Å²) in [4.78, 5) is 23.0. The number of rotatable bonds is 4. The molecule has 1 N–H and O–H groups in total. The molecule has 2 aromatic rings. The molecule has 3 rings (SSSR count). The molecule has 6 nitrogen and oxygen atoms in total. The molecule has 1 atom stereocenters. The SMILES string of the molecule is CC(C)C1CCCCN1C(=O)NCc1ccc(-n2ccnc2)nc1. The maximum atomic E-state index is 12.5. The Morgan fingerprint density at radius 3 is 2.92 bits per heavy atom. The summed E-state index contributed by atoms with van der Waals surface area (Å²) in [5.41, 5.74) is 0.991. The van der Waals surface area contributed by atoms with Crippen LogP contribution < -0.4 is 5.32 Å². The van der Waals surface area contributed by atoms with E-state index in [1.807, 2.05) is 27.8 Å². The third-order valence-electron chi connectivity index (χ3n) is 4.60. The second kappa shape index (κ2) is 7.47. The summed E-state index contributed by atoms with van der Waals surface area (Å²) < 4.78 is 1.85. The molecule has 1 aliphatic heterocycles. The van der Waals surface area contributed by atoms with E-state index in [1.165, 1.54) is 6.42 Å². The second-order valence-electron chi connectivity index (χ2n) is 6.65. The Morgan fingerprint density at radius 1 is 1.38 bits per heavy atom. The first-order valence-corrected chi connectivity index (χ1v) is 8.63. The zero-order valence-electron chi connectivity index (χ0n) is 14.4. The normalized spacial score (nSPS) is 18.0. The zero-order chi connectivity index (χ0) is 16.9. The van der Waals surface area contributed by atoms with Gasteiger partial charge in [-0.15, -0.1) is 0 Å². The molecule has 0 radical (unpaired) electrons. The molecular formula is C18H25N5O. The minimum absolute atomic E-state index is 0.0343. The molecule has 0 spiro atoms. The summed E-state index contributed by atoms with van der Waals surface area (Å²) in [5.74, 6) is 1.31. The summed E-state index contributed by atoms with van der Waals surface area (Å²) in [6, 6.07) is 4.30. The quantitative estimate of drug-likeness (QED) is 0.939. The summed E-state index contributed by atoms with van der Waals surface area (Å²) >= 11 is 0. The second-order valence-corrected chi connectivity index (χ2v) is 6.65. The van der Waals surface area contributed by atoms with Crippen molar-refractivity contribution in [2.75, 3.05) is 6.54 Å². The first-order valence-electron chi connectivity index (χ1n) is 8.63. The van der Waals surface area contributed by atoms with Crippen LogP contribution in [-0.4, -0.2) is 38.1 Å². The summed E-state index contributed by atoms with van der Waals surface area (Å²) in [6.07, 6.45) is 10.5. The van der Waals surface area contributed by atoms with Crippen molar-refractivity contribution in [2.45, 2.75) is 45.7 Å². The average Bonchev–Trinajstić information content (AvgIpc) is 3.14. The summed E-state index contributed by atoms with van der Waals surface area (Å²) in [7, 11) is 0. The maximum absolute atomic E-state index is 12.5. The van der Waals surface area contributed by atoms with Crippen molar-refractivity contribution in [3.8, 4) is 5.82 Å². The van der Waals surface area contributed by atoms with Gasteiger partial charge < -0.3 is 10.2 Å². The topological polar surface area (TPSA) is 63.1 Å². The minimum Gasteiger partial charge on any atom is -0.334 e. The van der Waals surface area contributed by atoms with Crippen LogP contribution in [0.15, 0.2) is 37.1 Å². The smallest absolute Gasteiger partial charge is 0.317 e. The first kappa shape index (κ1) is 16.5. The Kier molecular flexibility index (Phi) is 5.13. The van der Waals surface area contributed by atoms with E-state index in [4.69, 9.17) is 0 Å². The monoisotopic (exact) mass is 327 g/mol. The lowest BCUT2D eigenvalue weighted by Gasteiger charge is -2.38. The van der Waals surface area contributed by atoms with Crippen LogP contribution in [0, 0.1) is 5.92 Å². The number of hydrogen-bond donors (Lipinski definition) is 1. The average molecular weight is 327 g/mol. The van der Waals surface area contributed by atoms with E-state index in [0.717, 1.165) is 30.8 Å². The molecule has 1 aliphatic rings. The van der Waals surface area contributed by atoms with Crippen molar-refractivity contribution in [2.24, 2.45) is 5.92 Å². The van der Waals surface area contributed by atoms with Crippen molar-refractivity contribution < 1.29 is 4.79 Å². The van der Waals surface area contributed by atoms with Crippen molar-refractivity contribution in [1.82, 2.24) is 24.8 Å². The predicted octanol–water partition coefficient (Wildman–Crippen LogP) is 2.99. The molecule has 0 aromatic carbocycles. The molecule has 24 heavy (non-hydrogen) atoms. The third-order valence-corrected chi connectivity index (χ3v) is 4.60. The van der Waals surface area contributed by atoms with Crippen LogP contribution in [0.5, 0.6) is 0 Å². The molecule has 2 amide bonds. The Bertz CT molecular complexity index is 651. The highest BCUT2D eigenvalue weighted by Crippen LogP contribution is 2.23. The fourth-order valence-electron chi connectivity index (χ4n) is 3.25. The van der Waals surface area contributed by atoms with Crippen LogP contribution in [-0.2, 0) is 6.54 Å². The van der Waals surface area contributed by atoms with Crippen molar-refractivity contribution in [3.63, 3.8) is 0 Å². The number of carbonyl (C=O) groups is 1. The molecule has 128 valence electrons. The van der Waals surface area contributed by atoms with E-state index in [0.29, 0.717) is 18.5 Å². The van der Waals surface area contributed by atoms with Gasteiger partial charge in [-0.2, -0.15) is 0 Å². The number of carbonyl (C=O) groups excluding carboxylic acids is 1. The van der Waals surface area contributed by atoms with Crippen molar-refractivity contribution >= 4 is 6.03 Å². The van der Waals surface area contributed by atoms with Gasteiger partial charge in [-0.3, -0.25) is 4.57 Å². The van der Waals surface area contributed by atoms with Gasteiger partial charge in [0.1, 0.15) is 12.1 Å². The zero-order valence-corrected chi connectivity index (χ0v) is 14.4. The fourth-order valence-corrected chi connectivity index (χ4v) is 3.25. The van der Waals surface area contributed by atoms with Gasteiger partial charge in [0, 0.05) is 37.7 Å².